The number of nitrogens with zero attached hydrogens (tertiary/aromatic N) is 2. The van der Waals surface area contributed by atoms with Crippen molar-refractivity contribution >= 4 is 23.0 Å². The quantitative estimate of drug-likeness (QED) is 0.622. The zero-order chi connectivity index (χ0) is 19.5. The molecule has 1 aliphatic carbocycles. The van der Waals surface area contributed by atoms with E-state index in [0.717, 1.165) is 36.9 Å². The van der Waals surface area contributed by atoms with Crippen LogP contribution in [-0.4, -0.2) is 16.3 Å². The number of aryl methyl sites for hydroxylation is 2. The van der Waals surface area contributed by atoms with Gasteiger partial charge in [-0.05, 0) is 44.7 Å². The number of carbonyl (C=O) groups is 2. The van der Waals surface area contributed by atoms with Gasteiger partial charge in [-0.25, -0.2) is 0 Å². The summed E-state index contributed by atoms with van der Waals surface area (Å²) in [4.78, 5) is 31.8. The molecular weight excluding hydrogens is 368 g/mol. The van der Waals surface area contributed by atoms with Crippen LogP contribution in [0.25, 0.3) is 0 Å². The molecule has 0 spiro atoms. The van der Waals surface area contributed by atoms with E-state index >= 15 is 0 Å². The van der Waals surface area contributed by atoms with Crippen molar-refractivity contribution in [2.45, 2.75) is 39.2 Å². The fourth-order valence-electron chi connectivity index (χ4n) is 3.49. The van der Waals surface area contributed by atoms with Crippen molar-refractivity contribution in [2.24, 2.45) is 4.99 Å². The Labute approximate surface area is 168 Å². The number of ketones is 1. The minimum absolute atomic E-state index is 0.0415. The molecule has 4 rings (SSSR count). The van der Waals surface area contributed by atoms with Crippen molar-refractivity contribution in [3.63, 3.8) is 0 Å². The van der Waals surface area contributed by atoms with Crippen LogP contribution in [0.1, 0.15) is 49.7 Å². The second-order valence-corrected chi connectivity index (χ2v) is 8.18. The number of Topliss-reactive ketones (excluding diaryl/α,β-unsaturated/α-hetero) is 1. The van der Waals surface area contributed by atoms with E-state index in [9.17, 15) is 9.59 Å². The van der Waals surface area contributed by atoms with Crippen LogP contribution in [0.15, 0.2) is 59.6 Å². The van der Waals surface area contributed by atoms with E-state index in [4.69, 9.17) is 0 Å². The SMILES string of the molecule is Cc1ccc(C(=O)Cn2c3c(sc2=NC(=O)c2ccccc2)CCCC3)cc1. The molecule has 1 amide bonds. The third-order valence-corrected chi connectivity index (χ3v) is 6.23. The largest absolute Gasteiger partial charge is 0.313 e. The van der Waals surface area contributed by atoms with Gasteiger partial charge in [-0.1, -0.05) is 48.0 Å². The summed E-state index contributed by atoms with van der Waals surface area (Å²) >= 11 is 1.55. The first kappa shape index (κ1) is 18.6. The third-order valence-electron chi connectivity index (χ3n) is 5.05. The molecular formula is C23H22N2O2S. The maximum atomic E-state index is 12.9. The maximum absolute atomic E-state index is 12.9. The molecule has 0 bridgehead atoms. The van der Waals surface area contributed by atoms with Crippen LogP contribution in [0.3, 0.4) is 0 Å². The van der Waals surface area contributed by atoms with Crippen molar-refractivity contribution in [3.05, 3.63) is 86.7 Å². The lowest BCUT2D eigenvalue weighted by atomic mass is 10.0. The summed E-state index contributed by atoms with van der Waals surface area (Å²) < 4.78 is 1.96. The fourth-order valence-corrected chi connectivity index (χ4v) is 4.70. The number of hydrogen-bond donors (Lipinski definition) is 0. The number of fused-ring (bicyclic) bond motifs is 1. The van der Waals surface area contributed by atoms with Gasteiger partial charge >= 0.3 is 0 Å². The minimum Gasteiger partial charge on any atom is -0.313 e. The van der Waals surface area contributed by atoms with Gasteiger partial charge in [-0.3, -0.25) is 9.59 Å². The van der Waals surface area contributed by atoms with Crippen LogP contribution in [-0.2, 0) is 19.4 Å². The van der Waals surface area contributed by atoms with Crippen LogP contribution in [0, 0.1) is 6.92 Å². The van der Waals surface area contributed by atoms with E-state index in [2.05, 4.69) is 4.99 Å². The molecule has 0 N–H and O–H groups in total. The van der Waals surface area contributed by atoms with Gasteiger partial charge in [0.25, 0.3) is 5.91 Å². The molecule has 0 saturated heterocycles. The molecule has 2 aromatic carbocycles. The van der Waals surface area contributed by atoms with Gasteiger partial charge in [0, 0.05) is 21.7 Å². The van der Waals surface area contributed by atoms with Gasteiger partial charge in [-0.15, -0.1) is 11.3 Å². The number of carbonyl (C=O) groups excluding carboxylic acids is 2. The predicted molar refractivity (Wildman–Crippen MR) is 111 cm³/mol. The molecule has 0 radical (unpaired) electrons. The Morgan fingerprint density at radius 2 is 1.68 bits per heavy atom. The summed E-state index contributed by atoms with van der Waals surface area (Å²) in [5.41, 5.74) is 3.54. The zero-order valence-electron chi connectivity index (χ0n) is 15.9. The number of thiazole rings is 1. The Balaban J connectivity index is 1.72. The lowest BCUT2D eigenvalue weighted by Crippen LogP contribution is -2.24. The summed E-state index contributed by atoms with van der Waals surface area (Å²) in [7, 11) is 0. The second-order valence-electron chi connectivity index (χ2n) is 7.12. The molecule has 0 atom stereocenters. The van der Waals surface area contributed by atoms with E-state index < -0.39 is 0 Å². The fraction of sp³-hybridized carbons (Fsp3) is 0.261. The van der Waals surface area contributed by atoms with Crippen molar-refractivity contribution in [1.82, 2.24) is 4.57 Å². The molecule has 1 aliphatic rings. The number of benzene rings is 2. The average molecular weight is 391 g/mol. The van der Waals surface area contributed by atoms with Crippen LogP contribution in [0.4, 0.5) is 0 Å². The Kier molecular flexibility index (Phi) is 5.35. The van der Waals surface area contributed by atoms with Crippen molar-refractivity contribution < 1.29 is 9.59 Å². The van der Waals surface area contributed by atoms with Crippen molar-refractivity contribution in [2.75, 3.05) is 0 Å². The molecule has 4 nitrogen and oxygen atoms in total. The van der Waals surface area contributed by atoms with Gasteiger partial charge in [0.2, 0.25) is 0 Å². The molecule has 0 unspecified atom stereocenters. The van der Waals surface area contributed by atoms with Gasteiger partial charge < -0.3 is 4.57 Å². The Morgan fingerprint density at radius 3 is 2.43 bits per heavy atom. The lowest BCUT2D eigenvalue weighted by Gasteiger charge is -2.14. The van der Waals surface area contributed by atoms with E-state index in [1.165, 1.54) is 4.88 Å². The summed E-state index contributed by atoms with van der Waals surface area (Å²) in [6, 6.07) is 16.7. The normalized spacial score (nSPS) is 14.0. The van der Waals surface area contributed by atoms with Crippen LogP contribution in [0.5, 0.6) is 0 Å². The van der Waals surface area contributed by atoms with Gasteiger partial charge in [0.1, 0.15) is 0 Å². The highest BCUT2D eigenvalue weighted by atomic mass is 32.1. The van der Waals surface area contributed by atoms with E-state index in [1.807, 2.05) is 54.0 Å². The molecule has 28 heavy (non-hydrogen) atoms. The summed E-state index contributed by atoms with van der Waals surface area (Å²) in [6.45, 7) is 2.22. The standard InChI is InChI=1S/C23H22N2O2S/c1-16-11-13-17(14-12-16)20(26)15-25-19-9-5-6-10-21(19)28-23(25)24-22(27)18-7-3-2-4-8-18/h2-4,7-8,11-14H,5-6,9-10,15H2,1H3. The summed E-state index contributed by atoms with van der Waals surface area (Å²) in [5, 5.41) is 0. The first-order valence-electron chi connectivity index (χ1n) is 9.57. The van der Waals surface area contributed by atoms with E-state index in [0.29, 0.717) is 15.9 Å². The van der Waals surface area contributed by atoms with Crippen molar-refractivity contribution in [3.8, 4) is 0 Å². The number of rotatable bonds is 4. The molecule has 0 fully saturated rings. The monoisotopic (exact) mass is 390 g/mol. The molecule has 0 aliphatic heterocycles. The minimum atomic E-state index is -0.268. The van der Waals surface area contributed by atoms with Crippen molar-refractivity contribution in [1.29, 1.82) is 0 Å². The molecule has 5 heteroatoms. The van der Waals surface area contributed by atoms with E-state index in [-0.39, 0.29) is 18.2 Å². The Morgan fingerprint density at radius 1 is 0.964 bits per heavy atom. The summed E-state index contributed by atoms with van der Waals surface area (Å²) in [5.74, 6) is -0.226. The molecule has 1 heterocycles. The highest BCUT2D eigenvalue weighted by molar-refractivity contribution is 7.09. The zero-order valence-corrected chi connectivity index (χ0v) is 16.7. The first-order chi connectivity index (χ1) is 13.6. The smallest absolute Gasteiger partial charge is 0.279 e. The van der Waals surface area contributed by atoms with Gasteiger partial charge in [0.15, 0.2) is 10.6 Å². The summed E-state index contributed by atoms with van der Waals surface area (Å²) in [6.07, 6.45) is 4.18. The topological polar surface area (TPSA) is 51.4 Å². The van der Waals surface area contributed by atoms with Gasteiger partial charge in [0.05, 0.1) is 6.54 Å². The van der Waals surface area contributed by atoms with Crippen LogP contribution in [0.2, 0.25) is 0 Å². The highest BCUT2D eigenvalue weighted by Gasteiger charge is 2.20. The maximum Gasteiger partial charge on any atom is 0.279 e. The van der Waals surface area contributed by atoms with Gasteiger partial charge in [-0.2, -0.15) is 4.99 Å². The molecule has 3 aromatic rings. The highest BCUT2D eigenvalue weighted by Crippen LogP contribution is 2.24. The lowest BCUT2D eigenvalue weighted by molar-refractivity contribution is 0.0961. The molecule has 0 saturated carbocycles. The number of aromatic nitrogens is 1. The average Bonchev–Trinajstić information content (AvgIpc) is 3.06. The number of hydrogen-bond acceptors (Lipinski definition) is 3. The molecule has 142 valence electrons. The first-order valence-corrected chi connectivity index (χ1v) is 10.4. The Hall–Kier alpha value is -2.79. The predicted octanol–water partition coefficient (Wildman–Crippen LogP) is 4.36. The molecule has 1 aromatic heterocycles. The van der Waals surface area contributed by atoms with E-state index in [1.54, 1.807) is 23.5 Å². The third kappa shape index (κ3) is 3.90. The van der Waals surface area contributed by atoms with Crippen LogP contribution >= 0.6 is 11.3 Å². The second kappa shape index (κ2) is 8.07. The number of amides is 1. The Bertz CT molecular complexity index is 1080. The van der Waals surface area contributed by atoms with Crippen LogP contribution < -0.4 is 4.80 Å².